The number of hydrogen-bond donors (Lipinski definition) is 1. The molecule has 1 aliphatic rings. The Kier molecular flexibility index (Phi) is 4.44. The summed E-state index contributed by atoms with van der Waals surface area (Å²) in [4.78, 5) is 24.6. The van der Waals surface area contributed by atoms with Gasteiger partial charge in [0.15, 0.2) is 0 Å². The van der Waals surface area contributed by atoms with Crippen LogP contribution in [0.1, 0.15) is 22.3 Å². The molecule has 0 atom stereocenters. The molecule has 0 radical (unpaired) electrons. The van der Waals surface area contributed by atoms with Crippen LogP contribution in [0.25, 0.3) is 11.1 Å². The Balaban J connectivity index is 1.72. The van der Waals surface area contributed by atoms with Gasteiger partial charge in [-0.15, -0.1) is 0 Å². The van der Waals surface area contributed by atoms with Gasteiger partial charge in [-0.3, -0.25) is 4.79 Å². The predicted octanol–water partition coefficient (Wildman–Crippen LogP) is 2.97. The van der Waals surface area contributed by atoms with Gasteiger partial charge in [0.1, 0.15) is 0 Å². The fourth-order valence-electron chi connectivity index (χ4n) is 3.17. The maximum absolute atomic E-state index is 12.6. The topological polar surface area (TPSA) is 75.8 Å². The molecule has 1 heterocycles. The number of carbonyl (C=O) groups excluding carboxylic acids is 1. The fourth-order valence-corrected chi connectivity index (χ4v) is 3.17. The number of nitrogens with zero attached hydrogens (tertiary/aromatic N) is 2. The summed E-state index contributed by atoms with van der Waals surface area (Å²) in [7, 11) is 0. The SMILES string of the molecule is Cc1cc(-c2ccccc2)ccc1C(=O)N1CC(N)(CCN=O)C1. The van der Waals surface area contributed by atoms with Gasteiger partial charge in [0.2, 0.25) is 0 Å². The minimum absolute atomic E-state index is 0.00718. The molecule has 0 aromatic heterocycles. The van der Waals surface area contributed by atoms with E-state index in [1.54, 1.807) is 4.90 Å². The van der Waals surface area contributed by atoms with Crippen LogP contribution >= 0.6 is 0 Å². The molecular weight excluding hydrogens is 302 g/mol. The van der Waals surface area contributed by atoms with Crippen LogP contribution in [0.2, 0.25) is 0 Å². The summed E-state index contributed by atoms with van der Waals surface area (Å²) < 4.78 is 0. The van der Waals surface area contributed by atoms with Gasteiger partial charge in [-0.2, -0.15) is 4.91 Å². The minimum atomic E-state index is -0.471. The first-order valence-electron chi connectivity index (χ1n) is 8.06. The number of amides is 1. The van der Waals surface area contributed by atoms with Crippen LogP contribution in [-0.4, -0.2) is 36.0 Å². The van der Waals surface area contributed by atoms with Gasteiger partial charge in [0.25, 0.3) is 5.91 Å². The molecule has 2 aromatic carbocycles. The number of carbonyl (C=O) groups is 1. The quantitative estimate of drug-likeness (QED) is 0.860. The van der Waals surface area contributed by atoms with Crippen molar-refractivity contribution in [1.82, 2.24) is 4.90 Å². The summed E-state index contributed by atoms with van der Waals surface area (Å²) in [6.07, 6.45) is 0.520. The maximum atomic E-state index is 12.6. The zero-order valence-corrected chi connectivity index (χ0v) is 13.7. The average Bonchev–Trinajstić information content (AvgIpc) is 2.57. The van der Waals surface area contributed by atoms with Gasteiger partial charge in [-0.1, -0.05) is 47.6 Å². The second-order valence-electron chi connectivity index (χ2n) is 6.52. The van der Waals surface area contributed by atoms with E-state index in [0.717, 1.165) is 16.7 Å². The van der Waals surface area contributed by atoms with E-state index in [0.29, 0.717) is 25.1 Å². The predicted molar refractivity (Wildman–Crippen MR) is 94.7 cm³/mol. The van der Waals surface area contributed by atoms with Crippen molar-refractivity contribution in [3.8, 4) is 11.1 Å². The van der Waals surface area contributed by atoms with Crippen LogP contribution in [0.15, 0.2) is 53.7 Å². The van der Waals surface area contributed by atoms with Gasteiger partial charge in [-0.05, 0) is 36.1 Å². The van der Waals surface area contributed by atoms with E-state index in [2.05, 4.69) is 17.3 Å². The van der Waals surface area contributed by atoms with Crippen LogP contribution < -0.4 is 5.73 Å². The fraction of sp³-hybridized carbons (Fsp3) is 0.316. The summed E-state index contributed by atoms with van der Waals surface area (Å²) in [5, 5.41) is 2.85. The lowest BCUT2D eigenvalue weighted by molar-refractivity contribution is 0.0394. The molecule has 0 bridgehead atoms. The zero-order valence-electron chi connectivity index (χ0n) is 13.7. The maximum Gasteiger partial charge on any atom is 0.254 e. The highest BCUT2D eigenvalue weighted by Crippen LogP contribution is 2.27. The van der Waals surface area contributed by atoms with Crippen molar-refractivity contribution in [2.45, 2.75) is 18.9 Å². The van der Waals surface area contributed by atoms with Crippen molar-refractivity contribution in [1.29, 1.82) is 0 Å². The molecule has 1 amide bonds. The first kappa shape index (κ1) is 16.3. The molecule has 0 aliphatic carbocycles. The molecule has 0 saturated carbocycles. The Labute approximate surface area is 141 Å². The van der Waals surface area contributed by atoms with Gasteiger partial charge in [0.05, 0.1) is 12.1 Å². The number of nitroso groups, excluding NO2 is 1. The van der Waals surface area contributed by atoms with Crippen LogP contribution in [0.5, 0.6) is 0 Å². The van der Waals surface area contributed by atoms with Gasteiger partial charge in [0, 0.05) is 18.7 Å². The number of rotatable bonds is 5. The highest BCUT2D eigenvalue weighted by molar-refractivity contribution is 5.97. The highest BCUT2D eigenvalue weighted by atomic mass is 16.3. The largest absolute Gasteiger partial charge is 0.335 e. The molecular formula is C19H21N3O2. The van der Waals surface area contributed by atoms with Crippen LogP contribution in [0, 0.1) is 11.8 Å². The van der Waals surface area contributed by atoms with Crippen LogP contribution in [-0.2, 0) is 0 Å². The molecule has 1 saturated heterocycles. The monoisotopic (exact) mass is 323 g/mol. The first-order chi connectivity index (χ1) is 11.5. The van der Waals surface area contributed by atoms with Gasteiger partial charge >= 0.3 is 0 Å². The second kappa shape index (κ2) is 6.53. The van der Waals surface area contributed by atoms with Gasteiger partial charge in [-0.25, -0.2) is 0 Å². The normalized spacial score (nSPS) is 15.7. The van der Waals surface area contributed by atoms with E-state index in [1.807, 2.05) is 43.3 Å². The van der Waals surface area contributed by atoms with Crippen molar-refractivity contribution in [2.75, 3.05) is 19.6 Å². The summed E-state index contributed by atoms with van der Waals surface area (Å²) in [6.45, 7) is 3.09. The molecule has 1 fully saturated rings. The Bertz CT molecular complexity index is 752. The van der Waals surface area contributed by atoms with E-state index in [-0.39, 0.29) is 12.5 Å². The van der Waals surface area contributed by atoms with E-state index in [4.69, 9.17) is 5.73 Å². The first-order valence-corrected chi connectivity index (χ1v) is 8.06. The van der Waals surface area contributed by atoms with Gasteiger partial charge < -0.3 is 10.6 Å². The Morgan fingerprint density at radius 3 is 2.50 bits per heavy atom. The number of benzene rings is 2. The highest BCUT2D eigenvalue weighted by Gasteiger charge is 2.42. The molecule has 124 valence electrons. The molecule has 0 unspecified atom stereocenters. The van der Waals surface area contributed by atoms with E-state index in [1.165, 1.54) is 0 Å². The molecule has 5 heteroatoms. The standard InChI is InChI=1S/C19H21N3O2/c1-14-11-16(15-5-3-2-4-6-15)7-8-17(14)18(23)22-12-19(20,13-22)9-10-21-24/h2-8,11H,9-10,12-13,20H2,1H3. The van der Waals surface area contributed by atoms with Crippen LogP contribution in [0.3, 0.4) is 0 Å². The summed E-state index contributed by atoms with van der Waals surface area (Å²) >= 11 is 0. The molecule has 5 nitrogen and oxygen atoms in total. The minimum Gasteiger partial charge on any atom is -0.335 e. The number of aryl methyl sites for hydroxylation is 1. The third kappa shape index (κ3) is 3.21. The van der Waals surface area contributed by atoms with Crippen molar-refractivity contribution >= 4 is 5.91 Å². The second-order valence-corrected chi connectivity index (χ2v) is 6.52. The molecule has 24 heavy (non-hydrogen) atoms. The number of likely N-dealkylation sites (tertiary alicyclic amines) is 1. The lowest BCUT2D eigenvalue weighted by Gasteiger charge is -2.47. The third-order valence-corrected chi connectivity index (χ3v) is 4.56. The summed E-state index contributed by atoms with van der Waals surface area (Å²) in [5.41, 5.74) is 9.54. The lowest BCUT2D eigenvalue weighted by atomic mass is 9.86. The zero-order chi connectivity index (χ0) is 17.2. The van der Waals surface area contributed by atoms with E-state index in [9.17, 15) is 9.70 Å². The molecule has 0 spiro atoms. The lowest BCUT2D eigenvalue weighted by Crippen LogP contribution is -2.68. The van der Waals surface area contributed by atoms with Crippen molar-refractivity contribution in [3.05, 3.63) is 64.6 Å². The Morgan fingerprint density at radius 1 is 1.17 bits per heavy atom. The summed E-state index contributed by atoms with van der Waals surface area (Å²) in [6, 6.07) is 16.0. The average molecular weight is 323 g/mol. The Morgan fingerprint density at radius 2 is 1.88 bits per heavy atom. The number of hydrogen-bond acceptors (Lipinski definition) is 4. The summed E-state index contributed by atoms with van der Waals surface area (Å²) in [5.74, 6) is -0.00718. The van der Waals surface area contributed by atoms with Crippen molar-refractivity contribution in [2.24, 2.45) is 10.9 Å². The molecule has 3 rings (SSSR count). The third-order valence-electron chi connectivity index (χ3n) is 4.56. The number of nitrogens with two attached hydrogens (primary N) is 1. The molecule has 2 aromatic rings. The van der Waals surface area contributed by atoms with Crippen LogP contribution in [0.4, 0.5) is 0 Å². The van der Waals surface area contributed by atoms with E-state index < -0.39 is 5.54 Å². The molecule has 1 aliphatic heterocycles. The van der Waals surface area contributed by atoms with Crippen molar-refractivity contribution < 1.29 is 4.79 Å². The molecule has 2 N–H and O–H groups in total. The smallest absolute Gasteiger partial charge is 0.254 e. The Hall–Kier alpha value is -2.53. The van der Waals surface area contributed by atoms with Crippen molar-refractivity contribution in [3.63, 3.8) is 0 Å². The van der Waals surface area contributed by atoms with E-state index >= 15 is 0 Å².